The highest BCUT2D eigenvalue weighted by molar-refractivity contribution is 5.59. The minimum atomic E-state index is -0.191. The zero-order chi connectivity index (χ0) is 8.69. The Morgan fingerprint density at radius 1 is 1.64 bits per heavy atom. The number of aliphatic hydroxyl groups is 2. The van der Waals surface area contributed by atoms with Crippen LogP contribution in [0, 0.1) is 0 Å². The van der Waals surface area contributed by atoms with Gasteiger partial charge in [0.2, 0.25) is 5.88 Å². The number of hydrogen-bond donors (Lipinski definition) is 3. The Hall–Kier alpha value is -1.29. The monoisotopic (exact) mass is 156 g/mol. The van der Waals surface area contributed by atoms with Crippen molar-refractivity contribution in [1.29, 1.82) is 0 Å². The Balaban J connectivity index is 4.11. The molecule has 0 heterocycles. The Morgan fingerprint density at radius 2 is 2.27 bits per heavy atom. The summed E-state index contributed by atoms with van der Waals surface area (Å²) >= 11 is 0. The molecule has 0 amide bonds. The third kappa shape index (κ3) is 5.17. The SMILES string of the molecule is CC(=C\N)/C=C(/O)N=CCO. The molecular formula is C7H12N2O2. The first-order chi connectivity index (χ1) is 5.20. The Bertz CT molecular complexity index is 195. The minimum absolute atomic E-state index is 0.168. The van der Waals surface area contributed by atoms with E-state index in [0.29, 0.717) is 5.57 Å². The van der Waals surface area contributed by atoms with E-state index < -0.39 is 0 Å². The van der Waals surface area contributed by atoms with E-state index in [1.54, 1.807) is 6.92 Å². The van der Waals surface area contributed by atoms with Crippen LogP contribution in [0.25, 0.3) is 0 Å². The summed E-state index contributed by atoms with van der Waals surface area (Å²) in [4.78, 5) is 3.48. The average Bonchev–Trinajstić information content (AvgIpc) is 2.00. The molecule has 4 N–H and O–H groups in total. The predicted octanol–water partition coefficient (Wildman–Crippen LogP) is 0.311. The maximum atomic E-state index is 8.94. The van der Waals surface area contributed by atoms with E-state index >= 15 is 0 Å². The van der Waals surface area contributed by atoms with Crippen LogP contribution in [0.2, 0.25) is 0 Å². The molecule has 0 saturated heterocycles. The molecule has 0 saturated carbocycles. The van der Waals surface area contributed by atoms with E-state index in [4.69, 9.17) is 15.9 Å². The molecule has 0 bridgehead atoms. The number of hydrogen-bond acceptors (Lipinski definition) is 4. The van der Waals surface area contributed by atoms with E-state index in [1.165, 1.54) is 18.5 Å². The second-order valence-electron chi connectivity index (χ2n) is 1.91. The summed E-state index contributed by atoms with van der Waals surface area (Å²) in [6, 6.07) is 0. The summed E-state index contributed by atoms with van der Waals surface area (Å²) in [6.45, 7) is 1.54. The highest BCUT2D eigenvalue weighted by Gasteiger charge is 1.86. The Labute approximate surface area is 65.4 Å². The van der Waals surface area contributed by atoms with Crippen LogP contribution in [0.5, 0.6) is 0 Å². The summed E-state index contributed by atoms with van der Waals surface area (Å²) in [7, 11) is 0. The molecule has 11 heavy (non-hydrogen) atoms. The summed E-state index contributed by atoms with van der Waals surface area (Å²) in [5, 5.41) is 17.2. The van der Waals surface area contributed by atoms with Gasteiger partial charge in [0, 0.05) is 12.3 Å². The van der Waals surface area contributed by atoms with Gasteiger partial charge >= 0.3 is 0 Å². The van der Waals surface area contributed by atoms with Crippen molar-refractivity contribution in [3.05, 3.63) is 23.7 Å². The molecule has 4 nitrogen and oxygen atoms in total. The quantitative estimate of drug-likeness (QED) is 0.312. The number of aliphatic hydroxyl groups excluding tert-OH is 2. The molecule has 0 radical (unpaired) electrons. The molecular weight excluding hydrogens is 144 g/mol. The van der Waals surface area contributed by atoms with E-state index in [2.05, 4.69) is 4.99 Å². The van der Waals surface area contributed by atoms with Gasteiger partial charge in [-0.25, -0.2) is 4.99 Å². The third-order valence-electron chi connectivity index (χ3n) is 0.925. The van der Waals surface area contributed by atoms with Crippen molar-refractivity contribution in [2.75, 3.05) is 6.61 Å². The molecule has 0 aromatic carbocycles. The van der Waals surface area contributed by atoms with Crippen LogP contribution in [0.4, 0.5) is 0 Å². The zero-order valence-corrected chi connectivity index (χ0v) is 6.36. The lowest BCUT2D eigenvalue weighted by atomic mass is 10.3. The molecule has 0 fully saturated rings. The summed E-state index contributed by atoms with van der Waals surface area (Å²) in [5.74, 6) is -0.168. The molecule has 62 valence electrons. The molecule has 0 rings (SSSR count). The Kier molecular flexibility index (Phi) is 4.85. The van der Waals surface area contributed by atoms with Crippen LogP contribution in [0.1, 0.15) is 6.92 Å². The van der Waals surface area contributed by atoms with Crippen molar-refractivity contribution in [3.63, 3.8) is 0 Å². The van der Waals surface area contributed by atoms with Gasteiger partial charge in [-0.15, -0.1) is 0 Å². The van der Waals surface area contributed by atoms with Gasteiger partial charge in [0.1, 0.15) is 0 Å². The van der Waals surface area contributed by atoms with Gasteiger partial charge in [0.25, 0.3) is 0 Å². The van der Waals surface area contributed by atoms with Gasteiger partial charge < -0.3 is 15.9 Å². The van der Waals surface area contributed by atoms with Crippen LogP contribution in [-0.4, -0.2) is 23.0 Å². The van der Waals surface area contributed by atoms with Crippen molar-refractivity contribution < 1.29 is 10.2 Å². The number of allylic oxidation sites excluding steroid dienone is 2. The van der Waals surface area contributed by atoms with Gasteiger partial charge in [-0.1, -0.05) is 0 Å². The Morgan fingerprint density at radius 3 is 2.73 bits per heavy atom. The molecule has 0 aromatic rings. The molecule has 0 aliphatic carbocycles. The molecule has 4 heteroatoms. The van der Waals surface area contributed by atoms with Gasteiger partial charge in [-0.05, 0) is 18.7 Å². The molecule has 0 aliphatic rings. The fourth-order valence-electron chi connectivity index (χ4n) is 0.423. The average molecular weight is 156 g/mol. The number of nitrogens with two attached hydrogens (primary N) is 1. The lowest BCUT2D eigenvalue weighted by molar-refractivity contribution is 0.358. The second kappa shape index (κ2) is 5.49. The first-order valence-electron chi connectivity index (χ1n) is 3.13. The smallest absolute Gasteiger partial charge is 0.210 e. The second-order valence-corrected chi connectivity index (χ2v) is 1.91. The van der Waals surface area contributed by atoms with Crippen LogP contribution in [0.3, 0.4) is 0 Å². The van der Waals surface area contributed by atoms with Crippen LogP contribution in [0.15, 0.2) is 28.7 Å². The fraction of sp³-hybridized carbons (Fsp3) is 0.286. The van der Waals surface area contributed by atoms with Crippen LogP contribution in [-0.2, 0) is 0 Å². The van der Waals surface area contributed by atoms with Crippen molar-refractivity contribution in [2.24, 2.45) is 10.7 Å². The van der Waals surface area contributed by atoms with Gasteiger partial charge in [-0.2, -0.15) is 0 Å². The van der Waals surface area contributed by atoms with Gasteiger partial charge in [-0.3, -0.25) is 0 Å². The first-order valence-corrected chi connectivity index (χ1v) is 3.13. The number of nitrogens with zero attached hydrogens (tertiary/aromatic N) is 1. The first kappa shape index (κ1) is 9.71. The fourth-order valence-corrected chi connectivity index (χ4v) is 0.423. The maximum absolute atomic E-state index is 8.94. The zero-order valence-electron chi connectivity index (χ0n) is 6.36. The summed E-state index contributed by atoms with van der Waals surface area (Å²) in [5.41, 5.74) is 5.84. The number of aliphatic imine (C=N–C) groups is 1. The molecule has 0 aliphatic heterocycles. The van der Waals surface area contributed by atoms with E-state index in [1.807, 2.05) is 0 Å². The van der Waals surface area contributed by atoms with Gasteiger partial charge in [0.15, 0.2) is 0 Å². The van der Waals surface area contributed by atoms with Crippen molar-refractivity contribution in [3.8, 4) is 0 Å². The topological polar surface area (TPSA) is 78.8 Å². The maximum Gasteiger partial charge on any atom is 0.210 e. The van der Waals surface area contributed by atoms with Crippen LogP contribution >= 0.6 is 0 Å². The molecule has 0 unspecified atom stereocenters. The van der Waals surface area contributed by atoms with E-state index in [9.17, 15) is 0 Å². The molecule has 0 aromatic heterocycles. The van der Waals surface area contributed by atoms with E-state index in [0.717, 1.165) is 0 Å². The van der Waals surface area contributed by atoms with Crippen molar-refractivity contribution in [1.82, 2.24) is 0 Å². The minimum Gasteiger partial charge on any atom is -0.493 e. The highest BCUT2D eigenvalue weighted by atomic mass is 16.3. The molecule has 0 spiro atoms. The van der Waals surface area contributed by atoms with Gasteiger partial charge in [0.05, 0.1) is 6.61 Å². The van der Waals surface area contributed by atoms with Crippen molar-refractivity contribution in [2.45, 2.75) is 6.92 Å². The summed E-state index contributed by atoms with van der Waals surface area (Å²) < 4.78 is 0. The summed E-state index contributed by atoms with van der Waals surface area (Å²) in [6.07, 6.45) is 3.94. The number of rotatable bonds is 3. The predicted molar refractivity (Wildman–Crippen MR) is 44.2 cm³/mol. The third-order valence-corrected chi connectivity index (χ3v) is 0.925. The lowest BCUT2D eigenvalue weighted by Gasteiger charge is -1.90. The normalized spacial score (nSPS) is 14.4. The molecule has 0 atom stereocenters. The van der Waals surface area contributed by atoms with E-state index in [-0.39, 0.29) is 12.5 Å². The largest absolute Gasteiger partial charge is 0.493 e. The van der Waals surface area contributed by atoms with Crippen LogP contribution < -0.4 is 5.73 Å². The lowest BCUT2D eigenvalue weighted by Crippen LogP contribution is -1.86. The standard InChI is InChI=1S/C7H12N2O2/c1-6(5-8)4-7(11)9-2-3-10/h2,4-5,10-11H,3,8H2,1H3/b6-5+,7-4+,9-2?. The highest BCUT2D eigenvalue weighted by Crippen LogP contribution is 1.97. The van der Waals surface area contributed by atoms with Crippen molar-refractivity contribution >= 4 is 6.21 Å².